The van der Waals surface area contributed by atoms with Gasteiger partial charge in [-0.15, -0.1) is 5.10 Å². The summed E-state index contributed by atoms with van der Waals surface area (Å²) in [5, 5.41) is 12.1. The molecule has 1 unspecified atom stereocenters. The Kier molecular flexibility index (Phi) is 5.58. The molecule has 0 radical (unpaired) electrons. The Morgan fingerprint density at radius 1 is 1.06 bits per heavy atom. The summed E-state index contributed by atoms with van der Waals surface area (Å²) >= 11 is 12.3. The van der Waals surface area contributed by atoms with Crippen molar-refractivity contribution < 1.29 is 4.79 Å². The Hall–Kier alpha value is -3.68. The molecular formula is C24H18Cl2N6O. The average molecular weight is 477 g/mol. The lowest BCUT2D eigenvalue weighted by Crippen LogP contribution is -2.31. The molecule has 2 N–H and O–H groups in total. The van der Waals surface area contributed by atoms with E-state index in [0.717, 1.165) is 11.1 Å². The molecule has 7 nitrogen and oxygen atoms in total. The molecular weight excluding hydrogens is 459 g/mol. The van der Waals surface area contributed by atoms with Crippen LogP contribution in [0.5, 0.6) is 0 Å². The third-order valence-corrected chi connectivity index (χ3v) is 5.77. The Balaban J connectivity index is 1.61. The van der Waals surface area contributed by atoms with Crippen molar-refractivity contribution in [1.29, 1.82) is 0 Å². The van der Waals surface area contributed by atoms with Crippen LogP contribution < -0.4 is 10.6 Å². The van der Waals surface area contributed by atoms with E-state index in [0.29, 0.717) is 38.8 Å². The van der Waals surface area contributed by atoms with E-state index in [4.69, 9.17) is 28.3 Å². The van der Waals surface area contributed by atoms with Gasteiger partial charge in [0.25, 0.3) is 5.91 Å². The first-order valence-electron chi connectivity index (χ1n) is 10.2. The van der Waals surface area contributed by atoms with Crippen LogP contribution in [0.3, 0.4) is 0 Å². The summed E-state index contributed by atoms with van der Waals surface area (Å²) in [5.74, 6) is 0.763. The molecule has 0 spiro atoms. The number of carbonyl (C=O) groups is 1. The van der Waals surface area contributed by atoms with Crippen molar-refractivity contribution >= 4 is 40.7 Å². The number of anilines is 2. The van der Waals surface area contributed by atoms with Gasteiger partial charge in [-0.2, -0.15) is 4.98 Å². The van der Waals surface area contributed by atoms with Gasteiger partial charge >= 0.3 is 0 Å². The molecule has 3 heterocycles. The molecule has 1 aliphatic heterocycles. The van der Waals surface area contributed by atoms with Gasteiger partial charge in [-0.1, -0.05) is 47.5 Å². The zero-order valence-electron chi connectivity index (χ0n) is 17.5. The van der Waals surface area contributed by atoms with Crippen LogP contribution in [0.1, 0.15) is 18.5 Å². The minimum absolute atomic E-state index is 0.265. The molecule has 1 atom stereocenters. The molecule has 1 aliphatic rings. The summed E-state index contributed by atoms with van der Waals surface area (Å²) in [4.78, 5) is 22.2. The number of halogens is 2. The van der Waals surface area contributed by atoms with E-state index in [1.165, 1.54) is 0 Å². The third-order valence-electron chi connectivity index (χ3n) is 5.29. The van der Waals surface area contributed by atoms with E-state index in [9.17, 15) is 4.79 Å². The number of amides is 1. The fourth-order valence-electron chi connectivity index (χ4n) is 3.78. The molecule has 5 rings (SSSR count). The molecule has 4 aromatic rings. The second kappa shape index (κ2) is 8.69. The van der Waals surface area contributed by atoms with Crippen molar-refractivity contribution in [2.45, 2.75) is 13.0 Å². The van der Waals surface area contributed by atoms with Crippen molar-refractivity contribution in [3.63, 3.8) is 0 Å². The van der Waals surface area contributed by atoms with Crippen molar-refractivity contribution in [2.75, 3.05) is 10.6 Å². The van der Waals surface area contributed by atoms with Crippen molar-refractivity contribution in [3.05, 3.63) is 99.9 Å². The van der Waals surface area contributed by atoms with Crippen LogP contribution >= 0.6 is 23.2 Å². The Bertz CT molecular complexity index is 1370. The summed E-state index contributed by atoms with van der Waals surface area (Å²) in [6, 6.07) is 17.7. The van der Waals surface area contributed by atoms with Crippen LogP contribution in [0.4, 0.5) is 11.6 Å². The zero-order chi connectivity index (χ0) is 22.9. The predicted molar refractivity (Wildman–Crippen MR) is 129 cm³/mol. The Morgan fingerprint density at radius 3 is 2.61 bits per heavy atom. The number of benzene rings is 2. The highest BCUT2D eigenvalue weighted by Crippen LogP contribution is 2.37. The highest BCUT2D eigenvalue weighted by molar-refractivity contribution is 6.31. The van der Waals surface area contributed by atoms with Crippen LogP contribution in [0.25, 0.3) is 11.4 Å². The standard InChI is InChI=1S/C24H18Cl2N6O/c1-14-20(23(33)29-19-6-3-11-27-13-19)21(15-7-9-17(25)10-8-15)32-24(28-14)30-22(31-32)16-4-2-5-18(26)12-16/h2-13,21H,1H3,(H,29,33)(H,28,30,31). The Morgan fingerprint density at radius 2 is 1.88 bits per heavy atom. The normalized spacial score (nSPS) is 15.1. The highest BCUT2D eigenvalue weighted by Gasteiger charge is 2.34. The minimum Gasteiger partial charge on any atom is -0.328 e. The second-order valence-corrected chi connectivity index (χ2v) is 8.40. The van der Waals surface area contributed by atoms with Gasteiger partial charge in [-0.3, -0.25) is 9.78 Å². The van der Waals surface area contributed by atoms with E-state index in [2.05, 4.69) is 20.6 Å². The monoisotopic (exact) mass is 476 g/mol. The fourth-order valence-corrected chi connectivity index (χ4v) is 4.10. The third kappa shape index (κ3) is 4.20. The molecule has 0 saturated heterocycles. The van der Waals surface area contributed by atoms with Gasteiger partial charge < -0.3 is 10.6 Å². The number of hydrogen-bond donors (Lipinski definition) is 2. The van der Waals surface area contributed by atoms with Gasteiger partial charge in [0.15, 0.2) is 5.82 Å². The van der Waals surface area contributed by atoms with Crippen LogP contribution in [0.2, 0.25) is 10.0 Å². The first kappa shape index (κ1) is 21.2. The number of carbonyl (C=O) groups excluding carboxylic acids is 1. The fraction of sp³-hybridized carbons (Fsp3) is 0.0833. The summed E-state index contributed by atoms with van der Waals surface area (Å²) in [5.41, 5.74) is 3.41. The van der Waals surface area contributed by atoms with E-state index >= 15 is 0 Å². The number of hydrogen-bond acceptors (Lipinski definition) is 5. The maximum absolute atomic E-state index is 13.4. The molecule has 164 valence electrons. The summed E-state index contributed by atoms with van der Waals surface area (Å²) in [6.45, 7) is 1.85. The number of rotatable bonds is 4. The quantitative estimate of drug-likeness (QED) is 0.401. The Labute approximate surface area is 200 Å². The summed E-state index contributed by atoms with van der Waals surface area (Å²) in [6.07, 6.45) is 3.25. The van der Waals surface area contributed by atoms with Crippen LogP contribution in [0.15, 0.2) is 84.3 Å². The number of pyridine rings is 1. The number of nitrogens with zero attached hydrogens (tertiary/aromatic N) is 4. The lowest BCUT2D eigenvalue weighted by atomic mass is 9.95. The number of allylic oxidation sites excluding steroid dienone is 1. The zero-order valence-corrected chi connectivity index (χ0v) is 19.0. The highest BCUT2D eigenvalue weighted by atomic mass is 35.5. The van der Waals surface area contributed by atoms with Gasteiger partial charge in [0, 0.05) is 27.5 Å². The van der Waals surface area contributed by atoms with Gasteiger partial charge in [0.2, 0.25) is 5.95 Å². The van der Waals surface area contributed by atoms with Gasteiger partial charge in [0.1, 0.15) is 6.04 Å². The first-order chi connectivity index (χ1) is 16.0. The summed E-state index contributed by atoms with van der Waals surface area (Å²) < 4.78 is 1.71. The molecule has 9 heteroatoms. The van der Waals surface area contributed by atoms with Gasteiger partial charge in [-0.05, 0) is 48.9 Å². The van der Waals surface area contributed by atoms with Crippen molar-refractivity contribution in [3.8, 4) is 11.4 Å². The van der Waals surface area contributed by atoms with Crippen LogP contribution in [0, 0.1) is 0 Å². The topological polar surface area (TPSA) is 84.7 Å². The molecule has 0 saturated carbocycles. The van der Waals surface area contributed by atoms with Crippen molar-refractivity contribution in [2.24, 2.45) is 0 Å². The summed E-state index contributed by atoms with van der Waals surface area (Å²) in [7, 11) is 0. The number of fused-ring (bicyclic) bond motifs is 1. The molecule has 2 aromatic heterocycles. The van der Waals surface area contributed by atoms with E-state index in [-0.39, 0.29) is 5.91 Å². The molecule has 0 fully saturated rings. The van der Waals surface area contributed by atoms with Gasteiger partial charge in [0.05, 0.1) is 17.5 Å². The molecule has 0 aliphatic carbocycles. The molecule has 0 bridgehead atoms. The molecule has 1 amide bonds. The minimum atomic E-state index is -0.518. The van der Waals surface area contributed by atoms with Crippen LogP contribution in [-0.2, 0) is 4.79 Å². The number of nitrogens with one attached hydrogen (secondary N) is 2. The maximum Gasteiger partial charge on any atom is 0.255 e. The average Bonchev–Trinajstić information content (AvgIpc) is 3.23. The second-order valence-electron chi connectivity index (χ2n) is 7.53. The SMILES string of the molecule is CC1=C(C(=O)Nc2cccnc2)C(c2ccc(Cl)cc2)n2nc(-c3cccc(Cl)c3)nc2N1. The van der Waals surface area contributed by atoms with E-state index < -0.39 is 6.04 Å². The van der Waals surface area contributed by atoms with Gasteiger partial charge in [-0.25, -0.2) is 4.68 Å². The largest absolute Gasteiger partial charge is 0.328 e. The maximum atomic E-state index is 13.4. The van der Waals surface area contributed by atoms with E-state index in [1.54, 1.807) is 53.5 Å². The smallest absolute Gasteiger partial charge is 0.255 e. The first-order valence-corrected chi connectivity index (χ1v) is 10.9. The molecule has 33 heavy (non-hydrogen) atoms. The van der Waals surface area contributed by atoms with Crippen LogP contribution in [-0.4, -0.2) is 25.7 Å². The van der Waals surface area contributed by atoms with E-state index in [1.807, 2.05) is 31.2 Å². The number of aromatic nitrogens is 4. The lowest BCUT2D eigenvalue weighted by molar-refractivity contribution is -0.113. The van der Waals surface area contributed by atoms with Crippen molar-refractivity contribution in [1.82, 2.24) is 19.7 Å². The predicted octanol–water partition coefficient (Wildman–Crippen LogP) is 5.57. The molecule has 2 aromatic carbocycles. The lowest BCUT2D eigenvalue weighted by Gasteiger charge is -2.28.